The molecule has 0 aromatic carbocycles. The van der Waals surface area contributed by atoms with Crippen LogP contribution >= 0.6 is 0 Å². The standard InChI is InChI=1S/C11H15N5O2/c1-7-4-8(2-3-18-7)13-9-5-10-14-15-11(17)16(10)6-12-9/h5-8,13H,2-4H2,1H3,(H,15,17). The largest absolute Gasteiger partial charge is 0.378 e. The normalized spacial score (nSPS) is 24.3. The molecule has 0 spiro atoms. The Kier molecular flexibility index (Phi) is 2.75. The van der Waals surface area contributed by atoms with E-state index in [0.717, 1.165) is 25.3 Å². The number of nitrogens with one attached hydrogen (secondary N) is 2. The van der Waals surface area contributed by atoms with Gasteiger partial charge in [-0.05, 0) is 19.8 Å². The van der Waals surface area contributed by atoms with E-state index in [4.69, 9.17) is 4.74 Å². The highest BCUT2D eigenvalue weighted by atomic mass is 16.5. The third-order valence-electron chi connectivity index (χ3n) is 3.15. The predicted octanol–water partition coefficient (Wildman–Crippen LogP) is 0.397. The third kappa shape index (κ3) is 2.08. The van der Waals surface area contributed by atoms with Crippen LogP contribution in [0.3, 0.4) is 0 Å². The number of nitrogens with zero attached hydrogens (tertiary/aromatic N) is 3. The van der Waals surface area contributed by atoms with Crippen molar-refractivity contribution in [2.75, 3.05) is 11.9 Å². The van der Waals surface area contributed by atoms with E-state index in [0.29, 0.717) is 11.7 Å². The average Bonchev–Trinajstić information content (AvgIpc) is 2.71. The van der Waals surface area contributed by atoms with E-state index in [1.807, 2.05) is 0 Å². The molecule has 18 heavy (non-hydrogen) atoms. The van der Waals surface area contributed by atoms with Crippen molar-refractivity contribution in [2.45, 2.75) is 31.9 Å². The molecule has 1 saturated heterocycles. The number of ether oxygens (including phenoxy) is 1. The number of hydrogen-bond acceptors (Lipinski definition) is 5. The fourth-order valence-corrected chi connectivity index (χ4v) is 2.23. The molecule has 96 valence electrons. The Balaban J connectivity index is 1.80. The molecule has 7 nitrogen and oxygen atoms in total. The molecule has 1 aliphatic rings. The van der Waals surface area contributed by atoms with Crippen LogP contribution in [-0.2, 0) is 4.74 Å². The zero-order valence-electron chi connectivity index (χ0n) is 10.1. The highest BCUT2D eigenvalue weighted by molar-refractivity contribution is 5.48. The lowest BCUT2D eigenvalue weighted by Gasteiger charge is -2.28. The smallest absolute Gasteiger partial charge is 0.348 e. The molecule has 0 radical (unpaired) electrons. The lowest BCUT2D eigenvalue weighted by Crippen LogP contribution is -2.32. The van der Waals surface area contributed by atoms with Gasteiger partial charge in [0, 0.05) is 18.7 Å². The van der Waals surface area contributed by atoms with E-state index in [-0.39, 0.29) is 11.8 Å². The predicted molar refractivity (Wildman–Crippen MR) is 65.7 cm³/mol. The van der Waals surface area contributed by atoms with Crippen molar-refractivity contribution < 1.29 is 4.74 Å². The van der Waals surface area contributed by atoms with E-state index >= 15 is 0 Å². The summed E-state index contributed by atoms with van der Waals surface area (Å²) in [6.07, 6.45) is 3.67. The molecule has 2 atom stereocenters. The SMILES string of the molecule is CC1CC(Nc2cc3n[nH]c(=O)n3cn2)CCO1. The maximum atomic E-state index is 11.3. The van der Waals surface area contributed by atoms with Crippen molar-refractivity contribution in [1.82, 2.24) is 19.6 Å². The summed E-state index contributed by atoms with van der Waals surface area (Å²) in [6.45, 7) is 2.83. The maximum Gasteiger partial charge on any atom is 0.348 e. The Labute approximate surface area is 103 Å². The van der Waals surface area contributed by atoms with Gasteiger partial charge in [0.15, 0.2) is 5.65 Å². The van der Waals surface area contributed by atoms with Gasteiger partial charge in [0.1, 0.15) is 12.1 Å². The van der Waals surface area contributed by atoms with Gasteiger partial charge < -0.3 is 10.1 Å². The highest BCUT2D eigenvalue weighted by Crippen LogP contribution is 2.17. The monoisotopic (exact) mass is 249 g/mol. The molecule has 1 aliphatic heterocycles. The van der Waals surface area contributed by atoms with Gasteiger partial charge in [-0.2, -0.15) is 5.10 Å². The molecular formula is C11H15N5O2. The Morgan fingerprint density at radius 2 is 2.50 bits per heavy atom. The summed E-state index contributed by atoms with van der Waals surface area (Å²) >= 11 is 0. The van der Waals surface area contributed by atoms with Crippen LogP contribution in [0.4, 0.5) is 5.82 Å². The summed E-state index contributed by atoms with van der Waals surface area (Å²) in [4.78, 5) is 15.5. The number of anilines is 1. The van der Waals surface area contributed by atoms with Crippen LogP contribution in [0.1, 0.15) is 19.8 Å². The van der Waals surface area contributed by atoms with E-state index in [2.05, 4.69) is 27.4 Å². The number of aromatic amines is 1. The second-order valence-corrected chi connectivity index (χ2v) is 4.58. The number of rotatable bonds is 2. The fraction of sp³-hybridized carbons (Fsp3) is 0.545. The van der Waals surface area contributed by atoms with Crippen LogP contribution < -0.4 is 11.0 Å². The molecule has 2 aromatic rings. The zero-order valence-corrected chi connectivity index (χ0v) is 10.1. The Bertz CT molecular complexity index is 605. The van der Waals surface area contributed by atoms with E-state index in [1.54, 1.807) is 6.07 Å². The van der Waals surface area contributed by atoms with Crippen LogP contribution in [-0.4, -0.2) is 38.3 Å². The summed E-state index contributed by atoms with van der Waals surface area (Å²) in [7, 11) is 0. The molecule has 2 N–H and O–H groups in total. The first kappa shape index (κ1) is 11.2. The van der Waals surface area contributed by atoms with E-state index in [9.17, 15) is 4.79 Å². The molecule has 0 saturated carbocycles. The van der Waals surface area contributed by atoms with Gasteiger partial charge >= 0.3 is 5.69 Å². The first-order chi connectivity index (χ1) is 8.72. The molecule has 2 aromatic heterocycles. The van der Waals surface area contributed by atoms with Gasteiger partial charge in [0.05, 0.1) is 6.10 Å². The first-order valence-electron chi connectivity index (χ1n) is 6.03. The maximum absolute atomic E-state index is 11.3. The topological polar surface area (TPSA) is 84.3 Å². The quantitative estimate of drug-likeness (QED) is 0.804. The van der Waals surface area contributed by atoms with Crippen molar-refractivity contribution in [2.24, 2.45) is 0 Å². The second-order valence-electron chi connectivity index (χ2n) is 4.58. The van der Waals surface area contributed by atoms with Gasteiger partial charge in [-0.25, -0.2) is 19.3 Å². The van der Waals surface area contributed by atoms with Crippen LogP contribution in [0.15, 0.2) is 17.2 Å². The molecule has 2 unspecified atom stereocenters. The van der Waals surface area contributed by atoms with Crippen LogP contribution in [0.2, 0.25) is 0 Å². The Hall–Kier alpha value is -1.89. The number of hydrogen-bond donors (Lipinski definition) is 2. The van der Waals surface area contributed by atoms with Crippen LogP contribution in [0.5, 0.6) is 0 Å². The summed E-state index contributed by atoms with van der Waals surface area (Å²) in [5.41, 5.74) is 0.293. The van der Waals surface area contributed by atoms with Crippen molar-refractivity contribution in [1.29, 1.82) is 0 Å². The molecule has 1 fully saturated rings. The number of H-pyrrole nitrogens is 1. The molecular weight excluding hydrogens is 234 g/mol. The fourth-order valence-electron chi connectivity index (χ4n) is 2.23. The van der Waals surface area contributed by atoms with Crippen molar-refractivity contribution in [3.63, 3.8) is 0 Å². The summed E-state index contributed by atoms with van der Waals surface area (Å²) in [6, 6.07) is 2.12. The summed E-state index contributed by atoms with van der Waals surface area (Å²) in [5.74, 6) is 0.737. The molecule has 3 heterocycles. The number of aromatic nitrogens is 4. The Morgan fingerprint density at radius 3 is 3.33 bits per heavy atom. The summed E-state index contributed by atoms with van der Waals surface area (Å²) in [5, 5.41) is 9.64. The van der Waals surface area contributed by atoms with Gasteiger partial charge in [0.25, 0.3) is 0 Å². The van der Waals surface area contributed by atoms with Crippen molar-refractivity contribution in [3.05, 3.63) is 22.9 Å². The van der Waals surface area contributed by atoms with E-state index < -0.39 is 0 Å². The molecule has 7 heteroatoms. The first-order valence-corrected chi connectivity index (χ1v) is 6.03. The zero-order chi connectivity index (χ0) is 12.5. The minimum absolute atomic E-state index is 0.271. The van der Waals surface area contributed by atoms with Gasteiger partial charge in [-0.3, -0.25) is 0 Å². The van der Waals surface area contributed by atoms with Gasteiger partial charge in [-0.15, -0.1) is 0 Å². The summed E-state index contributed by atoms with van der Waals surface area (Å²) < 4.78 is 6.87. The minimum atomic E-state index is -0.274. The number of fused-ring (bicyclic) bond motifs is 1. The van der Waals surface area contributed by atoms with Gasteiger partial charge in [0.2, 0.25) is 0 Å². The molecule has 3 rings (SSSR count). The molecule has 0 bridgehead atoms. The van der Waals surface area contributed by atoms with Crippen molar-refractivity contribution >= 4 is 11.5 Å². The second kappa shape index (κ2) is 4.41. The van der Waals surface area contributed by atoms with E-state index in [1.165, 1.54) is 10.7 Å². The van der Waals surface area contributed by atoms with Crippen LogP contribution in [0.25, 0.3) is 5.65 Å². The Morgan fingerprint density at radius 1 is 1.61 bits per heavy atom. The highest BCUT2D eigenvalue weighted by Gasteiger charge is 2.19. The minimum Gasteiger partial charge on any atom is -0.378 e. The van der Waals surface area contributed by atoms with Crippen LogP contribution in [0, 0.1) is 0 Å². The van der Waals surface area contributed by atoms with Gasteiger partial charge in [-0.1, -0.05) is 0 Å². The average molecular weight is 249 g/mol. The molecule has 0 amide bonds. The lowest BCUT2D eigenvalue weighted by atomic mass is 10.0. The lowest BCUT2D eigenvalue weighted by molar-refractivity contribution is 0.0232. The molecule has 0 aliphatic carbocycles. The van der Waals surface area contributed by atoms with Crippen molar-refractivity contribution in [3.8, 4) is 0 Å². The third-order valence-corrected chi connectivity index (χ3v) is 3.15.